The molecule has 0 radical (unpaired) electrons. The van der Waals surface area contributed by atoms with Crippen LogP contribution in [0.4, 0.5) is 0 Å². The number of para-hydroxylation sites is 1. The van der Waals surface area contributed by atoms with Crippen LogP contribution >= 0.6 is 24.0 Å². The number of nitrogens with one attached hydrogen (secondary N) is 2. The van der Waals surface area contributed by atoms with Gasteiger partial charge in [0, 0.05) is 13.0 Å². The highest BCUT2D eigenvalue weighted by atomic mass is 127. The van der Waals surface area contributed by atoms with Gasteiger partial charge in [0.05, 0.1) is 25.3 Å². The second kappa shape index (κ2) is 12.0. The Morgan fingerprint density at radius 1 is 1.20 bits per heavy atom. The van der Waals surface area contributed by atoms with Gasteiger partial charge in [-0.05, 0) is 50.1 Å². The van der Waals surface area contributed by atoms with Crippen LogP contribution < -0.4 is 20.1 Å². The van der Waals surface area contributed by atoms with Crippen LogP contribution in [0.2, 0.25) is 0 Å². The molecule has 0 aliphatic carbocycles. The number of hydrogen-bond acceptors (Lipinski definition) is 4. The zero-order chi connectivity index (χ0) is 20.6. The van der Waals surface area contributed by atoms with E-state index in [1.54, 1.807) is 0 Å². The van der Waals surface area contributed by atoms with Crippen LogP contribution in [0, 0.1) is 0 Å². The van der Waals surface area contributed by atoms with Crippen molar-refractivity contribution in [3.63, 3.8) is 0 Å². The van der Waals surface area contributed by atoms with E-state index in [0.29, 0.717) is 12.5 Å². The maximum Gasteiger partial charge on any atom is 0.191 e. The molecular weight excluding hydrogens is 493 g/mol. The molecule has 164 valence electrons. The number of rotatable bonds is 8. The lowest BCUT2D eigenvalue weighted by Gasteiger charge is -2.17. The zero-order valence-corrected chi connectivity index (χ0v) is 20.1. The minimum absolute atomic E-state index is 0. The van der Waals surface area contributed by atoms with Gasteiger partial charge in [-0.25, -0.2) is 0 Å². The Kier molecular flexibility index (Phi) is 9.71. The summed E-state index contributed by atoms with van der Waals surface area (Å²) in [7, 11) is 0. The van der Waals surface area contributed by atoms with Crippen molar-refractivity contribution in [1.82, 2.24) is 10.6 Å². The number of halogens is 1. The molecule has 7 heteroatoms. The quantitative estimate of drug-likeness (QED) is 0.279. The van der Waals surface area contributed by atoms with Crippen molar-refractivity contribution in [2.75, 3.05) is 19.6 Å². The van der Waals surface area contributed by atoms with E-state index in [0.717, 1.165) is 30.0 Å². The van der Waals surface area contributed by atoms with Crippen molar-refractivity contribution >= 4 is 29.9 Å². The summed E-state index contributed by atoms with van der Waals surface area (Å²) in [6, 6.07) is 15.7. The summed E-state index contributed by atoms with van der Waals surface area (Å²) in [4.78, 5) is 4.54. The zero-order valence-electron chi connectivity index (χ0n) is 17.8. The number of benzene rings is 2. The van der Waals surface area contributed by atoms with Gasteiger partial charge in [0.15, 0.2) is 5.96 Å². The van der Waals surface area contributed by atoms with Crippen LogP contribution in [0.1, 0.15) is 38.0 Å². The standard InChI is InChI=1S/C23H31N3O3.HI/c1-4-24-23(25-14-20-13-18-8-5-6-11-22(18)29-20)26-15-21(27)17-9-7-10-19(12-17)28-16(2)3;/h5-12,16,20-21,27H,4,13-15H2,1-3H3,(H2,24,25,26);1H. The van der Waals surface area contributed by atoms with E-state index < -0.39 is 6.10 Å². The van der Waals surface area contributed by atoms with Crippen molar-refractivity contribution in [1.29, 1.82) is 0 Å². The second-order valence-corrected chi connectivity index (χ2v) is 7.41. The Balaban J connectivity index is 0.00000320. The van der Waals surface area contributed by atoms with Gasteiger partial charge in [0.25, 0.3) is 0 Å². The molecule has 2 unspecified atom stereocenters. The first-order valence-electron chi connectivity index (χ1n) is 10.3. The smallest absolute Gasteiger partial charge is 0.191 e. The van der Waals surface area contributed by atoms with E-state index in [-0.39, 0.29) is 42.7 Å². The predicted octanol–water partition coefficient (Wildman–Crippen LogP) is 3.68. The predicted molar refractivity (Wildman–Crippen MR) is 131 cm³/mol. The van der Waals surface area contributed by atoms with Gasteiger partial charge in [-0.15, -0.1) is 24.0 Å². The van der Waals surface area contributed by atoms with Gasteiger partial charge in [-0.2, -0.15) is 0 Å². The summed E-state index contributed by atoms with van der Waals surface area (Å²) >= 11 is 0. The summed E-state index contributed by atoms with van der Waals surface area (Å²) < 4.78 is 11.7. The highest BCUT2D eigenvalue weighted by molar-refractivity contribution is 14.0. The number of ether oxygens (including phenoxy) is 2. The Bertz CT molecular complexity index is 804. The Labute approximate surface area is 196 Å². The molecule has 0 fully saturated rings. The maximum absolute atomic E-state index is 10.6. The molecule has 0 aromatic heterocycles. The number of aliphatic hydroxyl groups excluding tert-OH is 1. The molecular formula is C23H32IN3O3. The molecule has 2 aromatic carbocycles. The molecule has 0 saturated carbocycles. The molecule has 1 aliphatic heterocycles. The van der Waals surface area contributed by atoms with Crippen LogP contribution in [0.25, 0.3) is 0 Å². The van der Waals surface area contributed by atoms with Crippen molar-refractivity contribution in [3.8, 4) is 11.5 Å². The molecule has 30 heavy (non-hydrogen) atoms. The maximum atomic E-state index is 10.6. The largest absolute Gasteiger partial charge is 0.491 e. The fourth-order valence-electron chi connectivity index (χ4n) is 3.27. The molecule has 0 amide bonds. The number of hydrogen-bond donors (Lipinski definition) is 3. The third kappa shape index (κ3) is 7.05. The fraction of sp³-hybridized carbons (Fsp3) is 0.435. The summed E-state index contributed by atoms with van der Waals surface area (Å²) in [5.74, 6) is 2.38. The minimum Gasteiger partial charge on any atom is -0.491 e. The van der Waals surface area contributed by atoms with Crippen LogP contribution in [0.15, 0.2) is 53.5 Å². The van der Waals surface area contributed by atoms with E-state index in [4.69, 9.17) is 9.47 Å². The molecule has 2 aromatic rings. The summed E-state index contributed by atoms with van der Waals surface area (Å²) in [6.07, 6.45) is 0.349. The van der Waals surface area contributed by atoms with Gasteiger partial charge in [-0.1, -0.05) is 30.3 Å². The van der Waals surface area contributed by atoms with E-state index in [1.807, 2.05) is 63.2 Å². The Hall–Kier alpha value is -2.00. The lowest BCUT2D eigenvalue weighted by Crippen LogP contribution is -2.42. The number of aliphatic imine (C=N–C) groups is 1. The van der Waals surface area contributed by atoms with Crippen LogP contribution in [-0.2, 0) is 6.42 Å². The van der Waals surface area contributed by atoms with Gasteiger partial charge < -0.3 is 25.2 Å². The van der Waals surface area contributed by atoms with Gasteiger partial charge >= 0.3 is 0 Å². The van der Waals surface area contributed by atoms with Crippen molar-refractivity contribution in [3.05, 3.63) is 59.7 Å². The third-order valence-corrected chi connectivity index (χ3v) is 4.59. The number of aliphatic hydroxyl groups is 1. The van der Waals surface area contributed by atoms with Crippen molar-refractivity contribution in [2.45, 2.75) is 45.5 Å². The topological polar surface area (TPSA) is 75.1 Å². The average Bonchev–Trinajstić information content (AvgIpc) is 3.12. The van der Waals surface area contributed by atoms with E-state index in [9.17, 15) is 5.11 Å². The Morgan fingerprint density at radius 2 is 2.00 bits per heavy atom. The molecule has 3 N–H and O–H groups in total. The van der Waals surface area contributed by atoms with E-state index >= 15 is 0 Å². The fourth-order valence-corrected chi connectivity index (χ4v) is 3.27. The summed E-state index contributed by atoms with van der Waals surface area (Å²) in [6.45, 7) is 7.62. The molecule has 3 rings (SSSR count). The highest BCUT2D eigenvalue weighted by Gasteiger charge is 2.22. The van der Waals surface area contributed by atoms with Gasteiger partial charge in [-0.3, -0.25) is 4.99 Å². The van der Waals surface area contributed by atoms with Crippen LogP contribution in [0.5, 0.6) is 11.5 Å². The summed E-state index contributed by atoms with van der Waals surface area (Å²) in [5, 5.41) is 17.1. The third-order valence-electron chi connectivity index (χ3n) is 4.59. The van der Waals surface area contributed by atoms with Crippen molar-refractivity contribution < 1.29 is 14.6 Å². The molecule has 0 spiro atoms. The first-order chi connectivity index (χ1) is 14.0. The highest BCUT2D eigenvalue weighted by Crippen LogP contribution is 2.27. The van der Waals surface area contributed by atoms with E-state index in [1.165, 1.54) is 5.56 Å². The lowest BCUT2D eigenvalue weighted by atomic mass is 10.1. The van der Waals surface area contributed by atoms with Gasteiger partial charge in [0.1, 0.15) is 17.6 Å². The SMILES string of the molecule is CCNC(=NCC(O)c1cccc(OC(C)C)c1)NCC1Cc2ccccc2O1.I. The summed E-state index contributed by atoms with van der Waals surface area (Å²) in [5.41, 5.74) is 2.03. The van der Waals surface area contributed by atoms with Crippen molar-refractivity contribution in [2.24, 2.45) is 4.99 Å². The first kappa shape index (κ1) is 24.3. The molecule has 2 atom stereocenters. The average molecular weight is 525 g/mol. The second-order valence-electron chi connectivity index (χ2n) is 7.41. The monoisotopic (exact) mass is 525 g/mol. The molecule has 1 heterocycles. The minimum atomic E-state index is -0.701. The number of fused-ring (bicyclic) bond motifs is 1. The molecule has 6 nitrogen and oxygen atoms in total. The van der Waals surface area contributed by atoms with Gasteiger partial charge in [0.2, 0.25) is 0 Å². The number of guanidine groups is 1. The first-order valence-corrected chi connectivity index (χ1v) is 10.3. The van der Waals surface area contributed by atoms with E-state index in [2.05, 4.69) is 21.7 Å². The Morgan fingerprint density at radius 3 is 2.73 bits per heavy atom. The lowest BCUT2D eigenvalue weighted by molar-refractivity contribution is 0.185. The normalized spacial score (nSPS) is 16.3. The van der Waals surface area contributed by atoms with Crippen LogP contribution in [0.3, 0.4) is 0 Å². The van der Waals surface area contributed by atoms with Crippen LogP contribution in [-0.4, -0.2) is 42.9 Å². The molecule has 1 aliphatic rings. The molecule has 0 bridgehead atoms. The molecule has 0 saturated heterocycles. The number of nitrogens with zero attached hydrogens (tertiary/aromatic N) is 1.